The van der Waals surface area contributed by atoms with Gasteiger partial charge in [-0.3, -0.25) is 4.79 Å². The van der Waals surface area contributed by atoms with Crippen molar-refractivity contribution in [2.75, 3.05) is 31.8 Å². The van der Waals surface area contributed by atoms with Crippen molar-refractivity contribution in [1.82, 2.24) is 4.31 Å². The Hall–Kier alpha value is -1.93. The van der Waals surface area contributed by atoms with E-state index in [2.05, 4.69) is 10.1 Å². The summed E-state index contributed by atoms with van der Waals surface area (Å²) < 4.78 is 29.3. The fourth-order valence-electron chi connectivity index (χ4n) is 2.07. The molecule has 0 radical (unpaired) electrons. The third-order valence-electron chi connectivity index (χ3n) is 3.39. The second-order valence-electron chi connectivity index (χ2n) is 5.42. The monoisotopic (exact) mass is 356 g/mol. The summed E-state index contributed by atoms with van der Waals surface area (Å²) in [4.78, 5) is 23.4. The first kappa shape index (κ1) is 20.1. The molecule has 0 unspecified atom stereocenters. The minimum absolute atomic E-state index is 0.235. The number of nitrogens with zero attached hydrogens (tertiary/aromatic N) is 1. The smallest absolute Gasteiger partial charge is 0.337 e. The molecule has 1 aromatic rings. The summed E-state index contributed by atoms with van der Waals surface area (Å²) in [5.41, 5.74) is 0.850. The highest BCUT2D eigenvalue weighted by Crippen LogP contribution is 2.11. The molecule has 0 saturated carbocycles. The predicted molar refractivity (Wildman–Crippen MR) is 92.4 cm³/mol. The number of carbonyl (C=O) groups is 2. The van der Waals surface area contributed by atoms with Gasteiger partial charge in [-0.1, -0.05) is 19.8 Å². The zero-order valence-electron chi connectivity index (χ0n) is 14.2. The van der Waals surface area contributed by atoms with Gasteiger partial charge in [0.15, 0.2) is 0 Å². The summed E-state index contributed by atoms with van der Waals surface area (Å²) in [7, 11) is -2.15. The van der Waals surface area contributed by atoms with Crippen LogP contribution in [0.1, 0.15) is 36.5 Å². The number of esters is 1. The van der Waals surface area contributed by atoms with Gasteiger partial charge in [-0.05, 0) is 30.7 Å². The van der Waals surface area contributed by atoms with Gasteiger partial charge >= 0.3 is 5.97 Å². The fraction of sp³-hybridized carbons (Fsp3) is 0.500. The number of carbonyl (C=O) groups excluding carboxylic acids is 2. The normalized spacial score (nSPS) is 11.3. The van der Waals surface area contributed by atoms with E-state index in [1.807, 2.05) is 6.92 Å². The molecule has 0 saturated heterocycles. The van der Waals surface area contributed by atoms with Gasteiger partial charge in [-0.25, -0.2) is 13.2 Å². The lowest BCUT2D eigenvalue weighted by atomic mass is 10.2. The first-order valence-corrected chi connectivity index (χ1v) is 9.56. The number of rotatable bonds is 9. The number of methoxy groups -OCH3 is 1. The Kier molecular flexibility index (Phi) is 7.87. The Labute approximate surface area is 143 Å². The maximum absolute atomic E-state index is 12.1. The topological polar surface area (TPSA) is 92.8 Å². The van der Waals surface area contributed by atoms with Crippen LogP contribution in [-0.4, -0.2) is 51.1 Å². The molecule has 0 heterocycles. The summed E-state index contributed by atoms with van der Waals surface area (Å²) in [6.45, 7) is 2.11. The van der Waals surface area contributed by atoms with Crippen LogP contribution in [0, 0.1) is 0 Å². The number of ether oxygens (including phenoxy) is 1. The van der Waals surface area contributed by atoms with Crippen LogP contribution in [0.5, 0.6) is 0 Å². The molecule has 0 aliphatic rings. The molecule has 134 valence electrons. The van der Waals surface area contributed by atoms with Crippen molar-refractivity contribution >= 4 is 27.6 Å². The SMILES string of the molecule is CCCCCN(CC(=O)Nc1ccc(C(=O)OC)cc1)S(C)(=O)=O. The molecular weight excluding hydrogens is 332 g/mol. The van der Waals surface area contributed by atoms with Crippen LogP contribution >= 0.6 is 0 Å². The number of unbranched alkanes of at least 4 members (excludes halogenated alkanes) is 2. The predicted octanol–water partition coefficient (Wildman–Crippen LogP) is 1.86. The molecule has 1 rings (SSSR count). The lowest BCUT2D eigenvalue weighted by molar-refractivity contribution is -0.116. The maximum atomic E-state index is 12.1. The van der Waals surface area contributed by atoms with Crippen molar-refractivity contribution in [2.24, 2.45) is 0 Å². The summed E-state index contributed by atoms with van der Waals surface area (Å²) >= 11 is 0. The third-order valence-corrected chi connectivity index (χ3v) is 4.64. The van der Waals surface area contributed by atoms with Crippen molar-refractivity contribution in [3.63, 3.8) is 0 Å². The Morgan fingerprint density at radius 3 is 2.29 bits per heavy atom. The van der Waals surface area contributed by atoms with Gasteiger partial charge in [0.25, 0.3) is 0 Å². The van der Waals surface area contributed by atoms with Crippen LogP contribution in [0.3, 0.4) is 0 Å². The highest BCUT2D eigenvalue weighted by molar-refractivity contribution is 7.88. The summed E-state index contributed by atoms with van der Waals surface area (Å²) in [6.07, 6.45) is 3.68. The van der Waals surface area contributed by atoms with Gasteiger partial charge in [0.05, 0.1) is 25.5 Å². The summed E-state index contributed by atoms with van der Waals surface area (Å²) in [5.74, 6) is -0.894. The second kappa shape index (κ2) is 9.39. The molecule has 7 nitrogen and oxygen atoms in total. The zero-order valence-corrected chi connectivity index (χ0v) is 15.1. The zero-order chi connectivity index (χ0) is 18.2. The van der Waals surface area contributed by atoms with E-state index in [4.69, 9.17) is 0 Å². The van der Waals surface area contributed by atoms with Gasteiger partial charge < -0.3 is 10.1 Å². The third kappa shape index (κ3) is 6.67. The Morgan fingerprint density at radius 1 is 1.17 bits per heavy atom. The minimum atomic E-state index is -3.44. The Bertz CT molecular complexity index is 656. The second-order valence-corrected chi connectivity index (χ2v) is 7.40. The van der Waals surface area contributed by atoms with Crippen molar-refractivity contribution in [1.29, 1.82) is 0 Å². The molecule has 1 aromatic carbocycles. The molecule has 0 spiro atoms. The van der Waals surface area contributed by atoms with Gasteiger partial charge in [0.2, 0.25) is 15.9 Å². The summed E-state index contributed by atoms with van der Waals surface area (Å²) in [5, 5.41) is 2.62. The van der Waals surface area contributed by atoms with Gasteiger partial charge in [0, 0.05) is 12.2 Å². The van der Waals surface area contributed by atoms with E-state index in [9.17, 15) is 18.0 Å². The number of anilines is 1. The van der Waals surface area contributed by atoms with E-state index < -0.39 is 21.9 Å². The molecule has 0 bridgehead atoms. The van der Waals surface area contributed by atoms with Crippen molar-refractivity contribution in [3.05, 3.63) is 29.8 Å². The van der Waals surface area contributed by atoms with Crippen LogP contribution in [0.2, 0.25) is 0 Å². The average Bonchev–Trinajstić information content (AvgIpc) is 2.53. The molecule has 8 heteroatoms. The van der Waals surface area contributed by atoms with Crippen LogP contribution in [-0.2, 0) is 19.6 Å². The lowest BCUT2D eigenvalue weighted by Crippen LogP contribution is -2.38. The number of sulfonamides is 1. The van der Waals surface area contributed by atoms with E-state index in [0.717, 1.165) is 19.1 Å². The van der Waals surface area contributed by atoms with Gasteiger partial charge in [-0.2, -0.15) is 4.31 Å². The van der Waals surface area contributed by atoms with E-state index in [0.29, 0.717) is 24.2 Å². The minimum Gasteiger partial charge on any atom is -0.465 e. The molecule has 0 aromatic heterocycles. The molecule has 1 N–H and O–H groups in total. The summed E-state index contributed by atoms with van der Waals surface area (Å²) in [6, 6.07) is 6.17. The standard InChI is InChI=1S/C16H24N2O5S/c1-4-5-6-11-18(24(3,21)22)12-15(19)17-14-9-7-13(8-10-14)16(20)23-2/h7-10H,4-6,11-12H2,1-3H3,(H,17,19). The Morgan fingerprint density at radius 2 is 1.79 bits per heavy atom. The van der Waals surface area contributed by atoms with Crippen molar-refractivity contribution in [2.45, 2.75) is 26.2 Å². The van der Waals surface area contributed by atoms with E-state index in [1.54, 1.807) is 12.1 Å². The lowest BCUT2D eigenvalue weighted by Gasteiger charge is -2.19. The molecular formula is C16H24N2O5S. The van der Waals surface area contributed by atoms with E-state index in [1.165, 1.54) is 23.5 Å². The van der Waals surface area contributed by atoms with Gasteiger partial charge in [0.1, 0.15) is 0 Å². The number of amides is 1. The van der Waals surface area contributed by atoms with Crippen molar-refractivity contribution in [3.8, 4) is 0 Å². The number of hydrogen-bond donors (Lipinski definition) is 1. The Balaban J connectivity index is 2.66. The first-order chi connectivity index (χ1) is 11.3. The van der Waals surface area contributed by atoms with Gasteiger partial charge in [-0.15, -0.1) is 0 Å². The van der Waals surface area contributed by atoms with Crippen LogP contribution in [0.15, 0.2) is 24.3 Å². The van der Waals surface area contributed by atoms with Crippen LogP contribution < -0.4 is 5.32 Å². The van der Waals surface area contributed by atoms with Crippen LogP contribution in [0.25, 0.3) is 0 Å². The molecule has 24 heavy (non-hydrogen) atoms. The van der Waals surface area contributed by atoms with E-state index in [-0.39, 0.29) is 6.54 Å². The number of nitrogens with one attached hydrogen (secondary N) is 1. The quantitative estimate of drug-likeness (QED) is 0.538. The largest absolute Gasteiger partial charge is 0.465 e. The number of benzene rings is 1. The number of hydrogen-bond acceptors (Lipinski definition) is 5. The van der Waals surface area contributed by atoms with Crippen molar-refractivity contribution < 1.29 is 22.7 Å². The molecule has 0 aliphatic heterocycles. The highest BCUT2D eigenvalue weighted by Gasteiger charge is 2.19. The first-order valence-electron chi connectivity index (χ1n) is 7.71. The molecule has 0 aliphatic carbocycles. The van der Waals surface area contributed by atoms with E-state index >= 15 is 0 Å². The molecule has 0 atom stereocenters. The molecule has 0 fully saturated rings. The maximum Gasteiger partial charge on any atom is 0.337 e. The fourth-order valence-corrected chi connectivity index (χ4v) is 2.88. The highest BCUT2D eigenvalue weighted by atomic mass is 32.2. The van der Waals surface area contributed by atoms with Crippen LogP contribution in [0.4, 0.5) is 5.69 Å². The molecule has 1 amide bonds. The average molecular weight is 356 g/mol.